The minimum absolute atomic E-state index is 0.620. The van der Waals surface area contributed by atoms with Crippen molar-refractivity contribution < 1.29 is 0 Å². The van der Waals surface area contributed by atoms with Gasteiger partial charge in [-0.25, -0.2) is 0 Å². The van der Waals surface area contributed by atoms with Gasteiger partial charge in [0.15, 0.2) is 0 Å². The van der Waals surface area contributed by atoms with E-state index in [2.05, 4.69) is 18.7 Å². The van der Waals surface area contributed by atoms with Gasteiger partial charge in [-0.3, -0.25) is 4.90 Å². The molecule has 0 unspecified atom stereocenters. The van der Waals surface area contributed by atoms with Crippen molar-refractivity contribution in [2.75, 3.05) is 13.1 Å². The van der Waals surface area contributed by atoms with Gasteiger partial charge in [0, 0.05) is 18.6 Å². The van der Waals surface area contributed by atoms with Crippen LogP contribution in [0.5, 0.6) is 0 Å². The zero-order valence-electron chi connectivity index (χ0n) is 10.3. The van der Waals surface area contributed by atoms with E-state index >= 15 is 0 Å². The average molecular weight is 210 g/mol. The zero-order chi connectivity index (χ0) is 10.9. The van der Waals surface area contributed by atoms with E-state index in [1.54, 1.807) is 0 Å². The van der Waals surface area contributed by atoms with Crippen LogP contribution in [0.15, 0.2) is 0 Å². The molecule has 1 heterocycles. The van der Waals surface area contributed by atoms with Crippen LogP contribution in [0.2, 0.25) is 0 Å². The SMILES string of the molecule is C[C@@H]1CCC[C@H](C)N1CC1(CCN)CC1. The number of piperidine rings is 1. The Morgan fingerprint density at radius 1 is 1.20 bits per heavy atom. The predicted molar refractivity (Wildman–Crippen MR) is 64.8 cm³/mol. The Bertz CT molecular complexity index is 201. The van der Waals surface area contributed by atoms with Crippen LogP contribution < -0.4 is 5.73 Å². The van der Waals surface area contributed by atoms with Crippen LogP contribution in [0.25, 0.3) is 0 Å². The van der Waals surface area contributed by atoms with E-state index in [0.29, 0.717) is 5.41 Å². The quantitative estimate of drug-likeness (QED) is 0.772. The van der Waals surface area contributed by atoms with Crippen LogP contribution in [0, 0.1) is 5.41 Å². The second kappa shape index (κ2) is 4.42. The van der Waals surface area contributed by atoms with Crippen molar-refractivity contribution in [3.8, 4) is 0 Å². The Morgan fingerprint density at radius 3 is 2.27 bits per heavy atom. The molecule has 2 rings (SSSR count). The van der Waals surface area contributed by atoms with Gasteiger partial charge in [-0.05, 0) is 57.9 Å². The monoisotopic (exact) mass is 210 g/mol. The van der Waals surface area contributed by atoms with Crippen molar-refractivity contribution in [3.05, 3.63) is 0 Å². The van der Waals surface area contributed by atoms with E-state index in [-0.39, 0.29) is 0 Å². The smallest absolute Gasteiger partial charge is 0.00699 e. The number of likely N-dealkylation sites (tertiary alicyclic amines) is 1. The number of nitrogens with zero attached hydrogens (tertiary/aromatic N) is 1. The average Bonchev–Trinajstić information content (AvgIpc) is 2.93. The molecule has 2 aliphatic rings. The standard InChI is InChI=1S/C13H26N2/c1-11-4-3-5-12(2)15(11)10-13(6-7-13)8-9-14/h11-12H,3-10,14H2,1-2H3/t11-,12+. The van der Waals surface area contributed by atoms with Crippen molar-refractivity contribution in [1.29, 1.82) is 0 Å². The molecule has 15 heavy (non-hydrogen) atoms. The van der Waals surface area contributed by atoms with Gasteiger partial charge in [-0.15, -0.1) is 0 Å². The Hall–Kier alpha value is -0.0800. The van der Waals surface area contributed by atoms with E-state index in [0.717, 1.165) is 18.6 Å². The molecule has 2 heteroatoms. The van der Waals surface area contributed by atoms with E-state index in [1.165, 1.54) is 45.1 Å². The summed E-state index contributed by atoms with van der Waals surface area (Å²) < 4.78 is 0. The minimum Gasteiger partial charge on any atom is -0.330 e. The molecule has 2 atom stereocenters. The van der Waals surface area contributed by atoms with Crippen molar-refractivity contribution in [3.63, 3.8) is 0 Å². The lowest BCUT2D eigenvalue weighted by atomic mass is 9.93. The molecule has 1 aliphatic heterocycles. The molecule has 0 aromatic rings. The lowest BCUT2D eigenvalue weighted by Crippen LogP contribution is -2.46. The summed E-state index contributed by atoms with van der Waals surface area (Å²) >= 11 is 0. The second-order valence-electron chi connectivity index (χ2n) is 5.84. The van der Waals surface area contributed by atoms with Gasteiger partial charge in [0.1, 0.15) is 0 Å². The third-order valence-corrected chi connectivity index (χ3v) is 4.53. The molecular formula is C13H26N2. The fraction of sp³-hybridized carbons (Fsp3) is 1.00. The molecule has 0 amide bonds. The molecule has 2 fully saturated rings. The van der Waals surface area contributed by atoms with Gasteiger partial charge in [-0.1, -0.05) is 6.42 Å². The summed E-state index contributed by atoms with van der Waals surface area (Å²) in [7, 11) is 0. The molecule has 2 nitrogen and oxygen atoms in total. The van der Waals surface area contributed by atoms with E-state index in [9.17, 15) is 0 Å². The highest BCUT2D eigenvalue weighted by atomic mass is 15.2. The second-order valence-corrected chi connectivity index (χ2v) is 5.84. The summed E-state index contributed by atoms with van der Waals surface area (Å²) in [6.45, 7) is 6.98. The highest BCUT2D eigenvalue weighted by molar-refractivity contribution is 4.97. The van der Waals surface area contributed by atoms with Gasteiger partial charge >= 0.3 is 0 Å². The molecular weight excluding hydrogens is 184 g/mol. The maximum absolute atomic E-state index is 5.71. The minimum atomic E-state index is 0.620. The number of rotatable bonds is 4. The molecule has 0 aromatic carbocycles. The first-order chi connectivity index (χ1) is 7.17. The van der Waals surface area contributed by atoms with Crippen molar-refractivity contribution in [2.45, 2.75) is 64.5 Å². The van der Waals surface area contributed by atoms with Crippen LogP contribution in [0.4, 0.5) is 0 Å². The maximum Gasteiger partial charge on any atom is 0.00699 e. The van der Waals surface area contributed by atoms with Crippen LogP contribution in [0.3, 0.4) is 0 Å². The Balaban J connectivity index is 1.91. The molecule has 1 saturated carbocycles. The molecule has 0 bridgehead atoms. The summed E-state index contributed by atoms with van der Waals surface area (Å²) in [6, 6.07) is 1.59. The molecule has 0 spiro atoms. The van der Waals surface area contributed by atoms with Gasteiger partial charge in [0.25, 0.3) is 0 Å². The largest absolute Gasteiger partial charge is 0.330 e. The van der Waals surface area contributed by atoms with E-state index < -0.39 is 0 Å². The number of hydrogen-bond donors (Lipinski definition) is 1. The normalized spacial score (nSPS) is 35.4. The highest BCUT2D eigenvalue weighted by Crippen LogP contribution is 2.50. The van der Waals surface area contributed by atoms with E-state index in [1.807, 2.05) is 0 Å². The van der Waals surface area contributed by atoms with Crippen molar-refractivity contribution >= 4 is 0 Å². The zero-order valence-corrected chi connectivity index (χ0v) is 10.3. The molecule has 1 saturated heterocycles. The summed E-state index contributed by atoms with van der Waals surface area (Å²) in [6.07, 6.45) is 8.28. The third kappa shape index (κ3) is 2.54. The molecule has 0 radical (unpaired) electrons. The van der Waals surface area contributed by atoms with Crippen LogP contribution in [-0.4, -0.2) is 30.1 Å². The molecule has 2 N–H and O–H groups in total. The summed E-state index contributed by atoms with van der Waals surface area (Å²) in [5.41, 5.74) is 6.33. The Labute approximate surface area is 94.2 Å². The summed E-state index contributed by atoms with van der Waals surface area (Å²) in [4.78, 5) is 2.74. The Kier molecular flexibility index (Phi) is 3.36. The van der Waals surface area contributed by atoms with E-state index in [4.69, 9.17) is 5.73 Å². The van der Waals surface area contributed by atoms with Crippen LogP contribution in [-0.2, 0) is 0 Å². The number of hydrogen-bond acceptors (Lipinski definition) is 2. The fourth-order valence-corrected chi connectivity index (χ4v) is 3.14. The molecule has 88 valence electrons. The molecule has 0 aromatic heterocycles. The predicted octanol–water partition coefficient (Wildman–Crippen LogP) is 2.38. The lowest BCUT2D eigenvalue weighted by molar-refractivity contribution is 0.0766. The van der Waals surface area contributed by atoms with Gasteiger partial charge < -0.3 is 5.73 Å². The van der Waals surface area contributed by atoms with Crippen LogP contribution in [0.1, 0.15) is 52.4 Å². The first kappa shape index (κ1) is 11.4. The first-order valence-corrected chi connectivity index (χ1v) is 6.63. The highest BCUT2D eigenvalue weighted by Gasteiger charge is 2.44. The van der Waals surface area contributed by atoms with Gasteiger partial charge in [0.05, 0.1) is 0 Å². The first-order valence-electron chi connectivity index (χ1n) is 6.63. The third-order valence-electron chi connectivity index (χ3n) is 4.53. The lowest BCUT2D eigenvalue weighted by Gasteiger charge is -2.41. The molecule has 1 aliphatic carbocycles. The summed E-state index contributed by atoms with van der Waals surface area (Å²) in [5.74, 6) is 0. The topological polar surface area (TPSA) is 29.3 Å². The maximum atomic E-state index is 5.71. The summed E-state index contributed by atoms with van der Waals surface area (Å²) in [5, 5.41) is 0. The Morgan fingerprint density at radius 2 is 1.80 bits per heavy atom. The van der Waals surface area contributed by atoms with Gasteiger partial charge in [0.2, 0.25) is 0 Å². The fourth-order valence-electron chi connectivity index (χ4n) is 3.14. The van der Waals surface area contributed by atoms with Gasteiger partial charge in [-0.2, -0.15) is 0 Å². The van der Waals surface area contributed by atoms with Crippen molar-refractivity contribution in [1.82, 2.24) is 4.90 Å². The number of nitrogens with two attached hydrogens (primary N) is 1. The van der Waals surface area contributed by atoms with Crippen molar-refractivity contribution in [2.24, 2.45) is 11.1 Å². The van der Waals surface area contributed by atoms with Crippen LogP contribution >= 0.6 is 0 Å².